The lowest BCUT2D eigenvalue weighted by atomic mass is 9.63. The molecule has 2 aliphatic carbocycles. The molecule has 0 aromatic rings. The van der Waals surface area contributed by atoms with Gasteiger partial charge < -0.3 is 4.74 Å². The predicted octanol–water partition coefficient (Wildman–Crippen LogP) is 4.02. The van der Waals surface area contributed by atoms with E-state index in [4.69, 9.17) is 4.74 Å². The van der Waals surface area contributed by atoms with Crippen molar-refractivity contribution in [2.75, 3.05) is 0 Å². The number of epoxide rings is 1. The fourth-order valence-corrected chi connectivity index (χ4v) is 4.89. The van der Waals surface area contributed by atoms with E-state index in [0.717, 1.165) is 5.92 Å². The van der Waals surface area contributed by atoms with E-state index in [1.165, 1.54) is 32.1 Å². The first-order valence-electron chi connectivity index (χ1n) is 6.11. The van der Waals surface area contributed by atoms with E-state index in [1.807, 2.05) is 0 Å². The average Bonchev–Trinajstić information content (AvgIpc) is 2.78. The smallest absolute Gasteiger partial charge is 0.100 e. The molecule has 3 rings (SSSR count). The van der Waals surface area contributed by atoms with Crippen molar-refractivity contribution in [3.63, 3.8) is 0 Å². The van der Waals surface area contributed by atoms with Crippen LogP contribution < -0.4 is 0 Å². The van der Waals surface area contributed by atoms with Crippen molar-refractivity contribution in [3.8, 4) is 0 Å². The molecule has 1 saturated heterocycles. The Bertz CT molecular complexity index is 324. The molecule has 2 heteroatoms. The highest BCUT2D eigenvalue weighted by atomic mass is 79.9. The molecular formula is C13H19BrO. The predicted molar refractivity (Wildman–Crippen MR) is 65.0 cm³/mol. The van der Waals surface area contributed by atoms with Crippen molar-refractivity contribution in [2.45, 2.75) is 57.7 Å². The summed E-state index contributed by atoms with van der Waals surface area (Å²) in [6, 6.07) is 0. The van der Waals surface area contributed by atoms with Gasteiger partial charge in [0.15, 0.2) is 0 Å². The quantitative estimate of drug-likeness (QED) is 0.606. The first kappa shape index (κ1) is 10.3. The first-order valence-corrected chi connectivity index (χ1v) is 7.02. The van der Waals surface area contributed by atoms with Gasteiger partial charge in [0.25, 0.3) is 0 Å². The molecule has 15 heavy (non-hydrogen) atoms. The van der Waals surface area contributed by atoms with Crippen molar-refractivity contribution in [3.05, 3.63) is 10.6 Å². The number of hydrogen-bond acceptors (Lipinski definition) is 1. The Morgan fingerprint density at radius 1 is 1.47 bits per heavy atom. The van der Waals surface area contributed by atoms with Gasteiger partial charge in [0, 0.05) is 5.41 Å². The van der Waals surface area contributed by atoms with Crippen molar-refractivity contribution >= 4 is 15.9 Å². The van der Waals surface area contributed by atoms with Crippen LogP contribution in [0.2, 0.25) is 0 Å². The third-order valence-electron chi connectivity index (χ3n) is 5.28. The van der Waals surface area contributed by atoms with Crippen LogP contribution in [0, 0.1) is 11.3 Å². The summed E-state index contributed by atoms with van der Waals surface area (Å²) in [4.78, 5) is 2.18. The summed E-state index contributed by atoms with van der Waals surface area (Å²) in [6.07, 6.45) is 7.09. The Labute approximate surface area is 100 Å². The van der Waals surface area contributed by atoms with Crippen LogP contribution in [0.1, 0.15) is 46.0 Å². The Morgan fingerprint density at radius 3 is 2.80 bits per heavy atom. The molecule has 1 nitrogen and oxygen atoms in total. The lowest BCUT2D eigenvalue weighted by molar-refractivity contribution is 0.0946. The minimum absolute atomic E-state index is 0.249. The first-order chi connectivity index (χ1) is 7.14. The molecule has 3 fully saturated rings. The van der Waals surface area contributed by atoms with Crippen LogP contribution in [-0.2, 0) is 4.74 Å². The van der Waals surface area contributed by atoms with Gasteiger partial charge in [-0.1, -0.05) is 28.4 Å². The highest BCUT2D eigenvalue weighted by Gasteiger charge is 2.70. The van der Waals surface area contributed by atoms with Gasteiger partial charge in [-0.25, -0.2) is 0 Å². The fourth-order valence-electron chi connectivity index (χ4n) is 4.35. The molecule has 1 unspecified atom stereocenters. The maximum atomic E-state index is 5.99. The van der Waals surface area contributed by atoms with E-state index < -0.39 is 0 Å². The third-order valence-corrected chi connectivity index (χ3v) is 5.86. The maximum absolute atomic E-state index is 5.99. The van der Waals surface area contributed by atoms with Gasteiger partial charge in [0.1, 0.15) is 5.60 Å². The van der Waals surface area contributed by atoms with E-state index in [2.05, 4.69) is 34.8 Å². The van der Waals surface area contributed by atoms with Crippen LogP contribution in [-0.4, -0.2) is 11.7 Å². The minimum atomic E-state index is 0.249. The Morgan fingerprint density at radius 2 is 2.20 bits per heavy atom. The molecule has 4 atom stereocenters. The molecule has 1 heterocycles. The fraction of sp³-hybridized carbons (Fsp3) is 0.846. The Balaban J connectivity index is 1.98. The van der Waals surface area contributed by atoms with Gasteiger partial charge in [-0.15, -0.1) is 0 Å². The normalized spacial score (nSPS) is 56.1. The third kappa shape index (κ3) is 1.13. The standard InChI is InChI=1S/C13H19BrO/c1-9-13(15-9)7-5-11-10(8-14)4-3-6-12(11,13)2/h8-9,11H,3-7H2,1-2H3/t9-,11?,12-,13-/m0/s1. The number of allylic oxidation sites excluding steroid dienone is 1. The molecule has 0 bridgehead atoms. The van der Waals surface area contributed by atoms with Gasteiger partial charge in [0.05, 0.1) is 6.10 Å². The van der Waals surface area contributed by atoms with Crippen LogP contribution in [0.3, 0.4) is 0 Å². The summed E-state index contributed by atoms with van der Waals surface area (Å²) in [5.41, 5.74) is 2.30. The van der Waals surface area contributed by atoms with Gasteiger partial charge in [-0.3, -0.25) is 0 Å². The van der Waals surface area contributed by atoms with Crippen LogP contribution in [0.5, 0.6) is 0 Å². The second-order valence-electron chi connectivity index (χ2n) is 5.70. The summed E-state index contributed by atoms with van der Waals surface area (Å²) in [5, 5.41) is 0. The topological polar surface area (TPSA) is 12.5 Å². The van der Waals surface area contributed by atoms with E-state index >= 15 is 0 Å². The second-order valence-corrected chi connectivity index (χ2v) is 6.15. The van der Waals surface area contributed by atoms with E-state index in [-0.39, 0.29) is 5.60 Å². The highest BCUT2D eigenvalue weighted by Crippen LogP contribution is 2.68. The van der Waals surface area contributed by atoms with Crippen LogP contribution >= 0.6 is 15.9 Å². The molecule has 0 N–H and O–H groups in total. The maximum Gasteiger partial charge on any atom is 0.100 e. The van der Waals surface area contributed by atoms with E-state index in [9.17, 15) is 0 Å². The SMILES string of the molecule is C[C@@H]1O[C@@]12CCC1C(=CBr)CCC[C@@]12C. The number of ether oxygens (including phenoxy) is 1. The van der Waals surface area contributed by atoms with Gasteiger partial charge in [-0.05, 0) is 49.9 Å². The van der Waals surface area contributed by atoms with E-state index in [0.29, 0.717) is 11.5 Å². The molecule has 1 aliphatic heterocycles. The van der Waals surface area contributed by atoms with Crippen molar-refractivity contribution in [1.29, 1.82) is 0 Å². The largest absolute Gasteiger partial charge is 0.366 e. The van der Waals surface area contributed by atoms with Crippen molar-refractivity contribution in [1.82, 2.24) is 0 Å². The summed E-state index contributed by atoms with van der Waals surface area (Å²) >= 11 is 3.54. The lowest BCUT2D eigenvalue weighted by Gasteiger charge is -2.41. The summed E-state index contributed by atoms with van der Waals surface area (Å²) in [6.45, 7) is 4.71. The lowest BCUT2D eigenvalue weighted by Crippen LogP contribution is -2.39. The average molecular weight is 271 g/mol. The molecule has 84 valence electrons. The molecule has 0 amide bonds. The number of rotatable bonds is 0. The summed E-state index contributed by atoms with van der Waals surface area (Å²) in [7, 11) is 0. The minimum Gasteiger partial charge on any atom is -0.366 e. The van der Waals surface area contributed by atoms with Crippen LogP contribution in [0.15, 0.2) is 10.6 Å². The highest BCUT2D eigenvalue weighted by molar-refractivity contribution is 9.11. The molecule has 0 aromatic heterocycles. The van der Waals surface area contributed by atoms with Crippen LogP contribution in [0.4, 0.5) is 0 Å². The van der Waals surface area contributed by atoms with Gasteiger partial charge in [-0.2, -0.15) is 0 Å². The zero-order valence-corrected chi connectivity index (χ0v) is 11.1. The summed E-state index contributed by atoms with van der Waals surface area (Å²) in [5.74, 6) is 0.774. The number of fused-ring (bicyclic) bond motifs is 2. The van der Waals surface area contributed by atoms with Crippen molar-refractivity contribution < 1.29 is 4.74 Å². The molecule has 1 spiro atoms. The molecular weight excluding hydrogens is 252 g/mol. The molecule has 3 aliphatic rings. The Kier molecular flexibility index (Phi) is 2.14. The summed E-state index contributed by atoms with van der Waals surface area (Å²) < 4.78 is 5.99. The number of halogens is 1. The van der Waals surface area contributed by atoms with E-state index in [1.54, 1.807) is 5.57 Å². The zero-order chi connectivity index (χ0) is 10.7. The van der Waals surface area contributed by atoms with Gasteiger partial charge >= 0.3 is 0 Å². The second kappa shape index (κ2) is 3.10. The van der Waals surface area contributed by atoms with Crippen molar-refractivity contribution in [2.24, 2.45) is 11.3 Å². The molecule has 2 saturated carbocycles. The van der Waals surface area contributed by atoms with Gasteiger partial charge in [0.2, 0.25) is 0 Å². The van der Waals surface area contributed by atoms with Crippen LogP contribution in [0.25, 0.3) is 0 Å². The zero-order valence-electron chi connectivity index (χ0n) is 9.55. The molecule has 0 radical (unpaired) electrons. The molecule has 0 aromatic carbocycles. The monoisotopic (exact) mass is 270 g/mol. The Hall–Kier alpha value is 0.180. The number of hydrogen-bond donors (Lipinski definition) is 0.